The van der Waals surface area contributed by atoms with Crippen LogP contribution < -0.4 is 5.32 Å². The van der Waals surface area contributed by atoms with Gasteiger partial charge < -0.3 is 4.42 Å². The van der Waals surface area contributed by atoms with E-state index in [1.807, 2.05) is 32.0 Å². The molecule has 0 unspecified atom stereocenters. The molecule has 2 aromatic carbocycles. The Morgan fingerprint density at radius 1 is 1.07 bits per heavy atom. The summed E-state index contributed by atoms with van der Waals surface area (Å²) in [6.45, 7) is 5.52. The maximum Gasteiger partial charge on any atom is 0.322 e. The maximum absolute atomic E-state index is 12.3. The van der Waals surface area contributed by atoms with Crippen molar-refractivity contribution in [3.05, 3.63) is 59.2 Å². The van der Waals surface area contributed by atoms with Crippen molar-refractivity contribution in [2.45, 2.75) is 32.1 Å². The van der Waals surface area contributed by atoms with Crippen molar-refractivity contribution in [2.75, 3.05) is 11.1 Å². The normalized spacial score (nSPS) is 11.4. The number of nitrogens with one attached hydrogen (secondary N) is 1. The van der Waals surface area contributed by atoms with Crippen molar-refractivity contribution in [2.24, 2.45) is 0 Å². The third-order valence-corrected chi connectivity index (χ3v) is 6.12. The Balaban J connectivity index is 1.70. The molecule has 0 aliphatic heterocycles. The van der Waals surface area contributed by atoms with E-state index in [1.54, 1.807) is 19.1 Å². The van der Waals surface area contributed by atoms with Gasteiger partial charge in [-0.2, -0.15) is 0 Å². The Bertz CT molecular complexity index is 1100. The van der Waals surface area contributed by atoms with E-state index < -0.39 is 9.84 Å². The Morgan fingerprint density at radius 3 is 2.46 bits per heavy atom. The van der Waals surface area contributed by atoms with Crippen molar-refractivity contribution >= 4 is 21.8 Å². The summed E-state index contributed by atoms with van der Waals surface area (Å²) in [6.07, 6.45) is 0.203. The van der Waals surface area contributed by atoms with E-state index in [-0.39, 0.29) is 34.9 Å². The number of amides is 1. The standard InChI is InChI=1S/C20H21N3O4S/c1-4-28(25,26)17-9-7-15(8-10-17)19-22-23-20(27-19)21-18(24)12-16-11-13(2)5-6-14(16)3/h5-11H,4,12H2,1-3H3,(H,21,23,24). The van der Waals surface area contributed by atoms with E-state index in [1.165, 1.54) is 12.1 Å². The van der Waals surface area contributed by atoms with Gasteiger partial charge in [0.1, 0.15) is 0 Å². The third-order valence-electron chi connectivity index (χ3n) is 4.37. The number of carbonyl (C=O) groups excluding carboxylic acids is 1. The molecule has 0 atom stereocenters. The van der Waals surface area contributed by atoms with Gasteiger partial charge in [0, 0.05) is 5.56 Å². The minimum absolute atomic E-state index is 0.00411. The maximum atomic E-state index is 12.3. The Hall–Kier alpha value is -3.00. The molecule has 28 heavy (non-hydrogen) atoms. The Morgan fingerprint density at radius 2 is 1.79 bits per heavy atom. The number of anilines is 1. The van der Waals surface area contributed by atoms with Crippen molar-refractivity contribution in [1.82, 2.24) is 10.2 Å². The molecular weight excluding hydrogens is 378 g/mol. The van der Waals surface area contributed by atoms with Crippen LogP contribution in [0.1, 0.15) is 23.6 Å². The Labute approximate surface area is 163 Å². The number of hydrogen-bond donors (Lipinski definition) is 1. The lowest BCUT2D eigenvalue weighted by Gasteiger charge is -2.06. The minimum Gasteiger partial charge on any atom is -0.403 e. The Kier molecular flexibility index (Phi) is 5.60. The molecule has 0 aliphatic carbocycles. The number of aryl methyl sites for hydroxylation is 2. The molecule has 0 bridgehead atoms. The third kappa shape index (κ3) is 4.45. The van der Waals surface area contributed by atoms with E-state index >= 15 is 0 Å². The smallest absolute Gasteiger partial charge is 0.322 e. The highest BCUT2D eigenvalue weighted by molar-refractivity contribution is 7.91. The van der Waals surface area contributed by atoms with Crippen molar-refractivity contribution in [3.63, 3.8) is 0 Å². The number of carbonyl (C=O) groups is 1. The molecular formula is C20H21N3O4S. The zero-order valence-corrected chi connectivity index (χ0v) is 16.7. The van der Waals surface area contributed by atoms with Crippen LogP contribution in [-0.2, 0) is 21.1 Å². The van der Waals surface area contributed by atoms with Crippen LogP contribution in [0.4, 0.5) is 6.01 Å². The van der Waals surface area contributed by atoms with Crippen LogP contribution in [0, 0.1) is 13.8 Å². The number of hydrogen-bond acceptors (Lipinski definition) is 6. The highest BCUT2D eigenvalue weighted by Gasteiger charge is 2.15. The molecule has 1 N–H and O–H groups in total. The van der Waals surface area contributed by atoms with Crippen LogP contribution in [0.3, 0.4) is 0 Å². The molecule has 1 heterocycles. The molecule has 7 nitrogen and oxygen atoms in total. The first-order chi connectivity index (χ1) is 13.3. The summed E-state index contributed by atoms with van der Waals surface area (Å²) in [6, 6.07) is 12.1. The molecule has 0 aliphatic rings. The van der Waals surface area contributed by atoms with Crippen LogP contribution in [-0.4, -0.2) is 30.3 Å². The van der Waals surface area contributed by atoms with Gasteiger partial charge in [0.05, 0.1) is 17.1 Å². The van der Waals surface area contributed by atoms with Gasteiger partial charge in [-0.15, -0.1) is 5.10 Å². The van der Waals surface area contributed by atoms with E-state index in [9.17, 15) is 13.2 Å². The molecule has 0 saturated carbocycles. The van der Waals surface area contributed by atoms with Crippen molar-refractivity contribution in [3.8, 4) is 11.5 Å². The second-order valence-corrected chi connectivity index (χ2v) is 8.77. The molecule has 1 amide bonds. The van der Waals surface area contributed by atoms with Gasteiger partial charge in [-0.3, -0.25) is 10.1 Å². The van der Waals surface area contributed by atoms with Gasteiger partial charge in [-0.25, -0.2) is 8.42 Å². The summed E-state index contributed by atoms with van der Waals surface area (Å²) < 4.78 is 29.2. The summed E-state index contributed by atoms with van der Waals surface area (Å²) >= 11 is 0. The SMILES string of the molecule is CCS(=O)(=O)c1ccc(-c2nnc(NC(=O)Cc3cc(C)ccc3C)o2)cc1. The topological polar surface area (TPSA) is 102 Å². The molecule has 0 saturated heterocycles. The highest BCUT2D eigenvalue weighted by Crippen LogP contribution is 2.22. The predicted molar refractivity (Wildman–Crippen MR) is 106 cm³/mol. The summed E-state index contributed by atoms with van der Waals surface area (Å²) in [7, 11) is -3.27. The van der Waals surface area contributed by atoms with Crippen LogP contribution in [0.2, 0.25) is 0 Å². The molecule has 146 valence electrons. The van der Waals surface area contributed by atoms with E-state index in [0.29, 0.717) is 5.56 Å². The number of sulfone groups is 1. The second-order valence-electron chi connectivity index (χ2n) is 6.50. The first-order valence-electron chi connectivity index (χ1n) is 8.81. The van der Waals surface area contributed by atoms with Crippen molar-refractivity contribution in [1.29, 1.82) is 0 Å². The highest BCUT2D eigenvalue weighted by atomic mass is 32.2. The summed E-state index contributed by atoms with van der Waals surface area (Å²) in [4.78, 5) is 12.5. The molecule has 1 aromatic heterocycles. The first kappa shape index (κ1) is 19.8. The number of nitrogens with zero attached hydrogens (tertiary/aromatic N) is 2. The molecule has 3 aromatic rings. The number of rotatable bonds is 6. The van der Waals surface area contributed by atoms with E-state index in [2.05, 4.69) is 15.5 Å². The lowest BCUT2D eigenvalue weighted by molar-refractivity contribution is -0.115. The van der Waals surface area contributed by atoms with Gasteiger partial charge in [0.15, 0.2) is 9.84 Å². The molecule has 0 fully saturated rings. The van der Waals surface area contributed by atoms with Crippen LogP contribution in [0.25, 0.3) is 11.5 Å². The largest absolute Gasteiger partial charge is 0.403 e. The van der Waals surface area contributed by atoms with E-state index in [4.69, 9.17) is 4.42 Å². The van der Waals surface area contributed by atoms with Gasteiger partial charge in [-0.1, -0.05) is 35.8 Å². The molecule has 3 rings (SSSR count). The van der Waals surface area contributed by atoms with Gasteiger partial charge >= 0.3 is 6.01 Å². The zero-order chi connectivity index (χ0) is 20.3. The summed E-state index contributed by atoms with van der Waals surface area (Å²) in [5.41, 5.74) is 3.62. The minimum atomic E-state index is -3.27. The van der Waals surface area contributed by atoms with Crippen LogP contribution >= 0.6 is 0 Å². The van der Waals surface area contributed by atoms with Crippen molar-refractivity contribution < 1.29 is 17.6 Å². The summed E-state index contributed by atoms with van der Waals surface area (Å²) in [5, 5.41) is 10.3. The van der Waals surface area contributed by atoms with Gasteiger partial charge in [-0.05, 0) is 49.2 Å². The van der Waals surface area contributed by atoms with E-state index in [0.717, 1.165) is 16.7 Å². The fourth-order valence-corrected chi connectivity index (χ4v) is 3.57. The number of aromatic nitrogens is 2. The lowest BCUT2D eigenvalue weighted by Crippen LogP contribution is -2.15. The lowest BCUT2D eigenvalue weighted by atomic mass is 10.0. The quantitative estimate of drug-likeness (QED) is 0.682. The van der Waals surface area contributed by atoms with Crippen LogP contribution in [0.5, 0.6) is 0 Å². The average Bonchev–Trinajstić information content (AvgIpc) is 3.13. The summed E-state index contributed by atoms with van der Waals surface area (Å²) in [5.74, 6) is -0.0282. The fraction of sp³-hybridized carbons (Fsp3) is 0.250. The monoisotopic (exact) mass is 399 g/mol. The zero-order valence-electron chi connectivity index (χ0n) is 15.9. The van der Waals surface area contributed by atoms with Gasteiger partial charge in [0.2, 0.25) is 11.8 Å². The van der Waals surface area contributed by atoms with Gasteiger partial charge in [0.25, 0.3) is 0 Å². The average molecular weight is 399 g/mol. The molecule has 0 spiro atoms. The molecule has 8 heteroatoms. The molecule has 0 radical (unpaired) electrons. The van der Waals surface area contributed by atoms with Crippen LogP contribution in [0.15, 0.2) is 51.8 Å². The second kappa shape index (κ2) is 7.93. The predicted octanol–water partition coefficient (Wildman–Crippen LogP) is 3.33. The first-order valence-corrected chi connectivity index (χ1v) is 10.5. The number of benzene rings is 2. The fourth-order valence-electron chi connectivity index (χ4n) is 2.69.